The van der Waals surface area contributed by atoms with Gasteiger partial charge in [0.05, 0.1) is 22.9 Å². The molecule has 0 unspecified atom stereocenters. The lowest BCUT2D eigenvalue weighted by Crippen LogP contribution is -2.52. The van der Waals surface area contributed by atoms with E-state index in [1.165, 1.54) is 0 Å². The maximum Gasteiger partial charge on any atom is 0.241 e. The van der Waals surface area contributed by atoms with Crippen molar-refractivity contribution in [1.29, 1.82) is 0 Å². The number of para-hydroxylation sites is 2. The predicted octanol–water partition coefficient (Wildman–Crippen LogP) is 3.09. The van der Waals surface area contributed by atoms with Gasteiger partial charge in [-0.25, -0.2) is 0 Å². The molecule has 1 atom stereocenters. The highest BCUT2D eigenvalue weighted by molar-refractivity contribution is 6.02. The van der Waals surface area contributed by atoms with Gasteiger partial charge in [-0.15, -0.1) is 0 Å². The summed E-state index contributed by atoms with van der Waals surface area (Å²) in [5.74, 6) is 0.277. The van der Waals surface area contributed by atoms with E-state index < -0.39 is 0 Å². The third kappa shape index (κ3) is 3.64. The molecule has 0 aliphatic carbocycles. The lowest BCUT2D eigenvalue weighted by Gasteiger charge is -2.38. The largest absolute Gasteiger partial charge is 0.506 e. The van der Waals surface area contributed by atoms with Gasteiger partial charge >= 0.3 is 0 Å². The first-order valence-electron chi connectivity index (χ1n) is 9.55. The molecule has 144 valence electrons. The molecule has 1 aliphatic heterocycles. The summed E-state index contributed by atoms with van der Waals surface area (Å²) >= 11 is 0. The van der Waals surface area contributed by atoms with E-state index in [-0.39, 0.29) is 11.9 Å². The highest BCUT2D eigenvalue weighted by Crippen LogP contribution is 2.27. The third-order valence-electron chi connectivity index (χ3n) is 5.37. The zero-order chi connectivity index (χ0) is 19.5. The number of nitrogens with zero attached hydrogens (tertiary/aromatic N) is 3. The number of anilines is 2. The van der Waals surface area contributed by atoms with Crippen molar-refractivity contribution < 1.29 is 9.90 Å². The second-order valence-corrected chi connectivity index (χ2v) is 7.05. The summed E-state index contributed by atoms with van der Waals surface area (Å²) in [5.41, 5.74) is 2.50. The smallest absolute Gasteiger partial charge is 0.241 e. The number of amides is 1. The molecule has 2 heterocycles. The fourth-order valence-corrected chi connectivity index (χ4v) is 3.70. The first-order chi connectivity index (χ1) is 13.6. The zero-order valence-electron chi connectivity index (χ0n) is 15.9. The maximum absolute atomic E-state index is 12.8. The topological polar surface area (TPSA) is 68.7 Å². The molecule has 6 heteroatoms. The van der Waals surface area contributed by atoms with Crippen molar-refractivity contribution in [3.8, 4) is 5.75 Å². The number of benzene rings is 2. The Kier molecular flexibility index (Phi) is 5.12. The second-order valence-electron chi connectivity index (χ2n) is 7.05. The molecule has 1 fully saturated rings. The number of piperazine rings is 1. The number of rotatable bonds is 4. The van der Waals surface area contributed by atoms with Crippen LogP contribution < -0.4 is 10.2 Å². The van der Waals surface area contributed by atoms with Crippen molar-refractivity contribution in [2.45, 2.75) is 13.0 Å². The van der Waals surface area contributed by atoms with Gasteiger partial charge in [-0.3, -0.25) is 14.7 Å². The van der Waals surface area contributed by atoms with Crippen LogP contribution in [0.4, 0.5) is 11.4 Å². The fourth-order valence-electron chi connectivity index (χ4n) is 3.70. The van der Waals surface area contributed by atoms with Crippen molar-refractivity contribution in [1.82, 2.24) is 9.88 Å². The van der Waals surface area contributed by atoms with E-state index in [0.717, 1.165) is 48.5 Å². The van der Waals surface area contributed by atoms with E-state index in [2.05, 4.69) is 20.1 Å². The van der Waals surface area contributed by atoms with Gasteiger partial charge in [0, 0.05) is 37.8 Å². The molecule has 2 N–H and O–H groups in total. The van der Waals surface area contributed by atoms with Crippen LogP contribution in [0.5, 0.6) is 5.75 Å². The summed E-state index contributed by atoms with van der Waals surface area (Å²) in [6, 6.07) is 16.7. The molecule has 3 aromatic rings. The minimum Gasteiger partial charge on any atom is -0.506 e. The Labute approximate surface area is 164 Å². The Bertz CT molecular complexity index is 978. The van der Waals surface area contributed by atoms with E-state index in [9.17, 15) is 9.90 Å². The van der Waals surface area contributed by atoms with E-state index in [0.29, 0.717) is 5.75 Å². The van der Waals surface area contributed by atoms with Crippen LogP contribution in [0.15, 0.2) is 60.8 Å². The van der Waals surface area contributed by atoms with Crippen LogP contribution in [-0.4, -0.2) is 53.1 Å². The minimum absolute atomic E-state index is 0.0210. The number of phenolic OH excluding ortho intramolecular Hbond substituents is 1. The van der Waals surface area contributed by atoms with Gasteiger partial charge in [0.15, 0.2) is 0 Å². The average molecular weight is 376 g/mol. The third-order valence-corrected chi connectivity index (χ3v) is 5.37. The van der Waals surface area contributed by atoms with Gasteiger partial charge in [-0.1, -0.05) is 18.2 Å². The lowest BCUT2D eigenvalue weighted by atomic mass is 10.1. The number of carbonyl (C=O) groups is 1. The number of hydrogen-bond acceptors (Lipinski definition) is 5. The summed E-state index contributed by atoms with van der Waals surface area (Å²) in [7, 11) is 0. The van der Waals surface area contributed by atoms with Gasteiger partial charge < -0.3 is 15.3 Å². The number of carbonyl (C=O) groups excluding carboxylic acids is 1. The van der Waals surface area contributed by atoms with Crippen molar-refractivity contribution in [3.63, 3.8) is 0 Å². The van der Waals surface area contributed by atoms with Crippen LogP contribution in [-0.2, 0) is 4.79 Å². The molecule has 28 heavy (non-hydrogen) atoms. The second kappa shape index (κ2) is 7.86. The summed E-state index contributed by atoms with van der Waals surface area (Å²) in [6.07, 6.45) is 1.75. The Morgan fingerprint density at radius 2 is 1.82 bits per heavy atom. The van der Waals surface area contributed by atoms with Crippen molar-refractivity contribution in [2.24, 2.45) is 0 Å². The van der Waals surface area contributed by atoms with E-state index in [4.69, 9.17) is 0 Å². The molecule has 6 nitrogen and oxygen atoms in total. The number of hydrogen-bond donors (Lipinski definition) is 2. The summed E-state index contributed by atoms with van der Waals surface area (Å²) in [5, 5.41) is 14.1. The van der Waals surface area contributed by atoms with Crippen LogP contribution >= 0.6 is 0 Å². The zero-order valence-corrected chi connectivity index (χ0v) is 15.9. The van der Waals surface area contributed by atoms with E-state index in [1.807, 2.05) is 55.5 Å². The van der Waals surface area contributed by atoms with Crippen LogP contribution in [0.1, 0.15) is 6.92 Å². The summed E-state index contributed by atoms with van der Waals surface area (Å²) in [6.45, 7) is 5.01. The standard InChI is InChI=1S/C22H24N4O2/c1-16(22(28)24-19-8-4-7-18-17(19)6-5-11-23-18)25-12-14-26(15-13-25)20-9-2-3-10-21(20)27/h2-11,16,27H,12-15H2,1H3,(H,24,28)/t16-/m1/s1. The fraction of sp³-hybridized carbons (Fsp3) is 0.273. The Morgan fingerprint density at radius 3 is 2.61 bits per heavy atom. The molecule has 4 rings (SSSR count). The molecule has 0 radical (unpaired) electrons. The van der Waals surface area contributed by atoms with Gasteiger partial charge in [0.1, 0.15) is 5.75 Å². The molecule has 0 bridgehead atoms. The molecule has 1 aromatic heterocycles. The minimum atomic E-state index is -0.238. The van der Waals surface area contributed by atoms with E-state index >= 15 is 0 Å². The highest BCUT2D eigenvalue weighted by Gasteiger charge is 2.26. The Hall–Kier alpha value is -3.12. The molecular weight excluding hydrogens is 352 g/mol. The van der Waals surface area contributed by atoms with Gasteiger partial charge in [0.2, 0.25) is 5.91 Å². The number of phenols is 1. The lowest BCUT2D eigenvalue weighted by molar-refractivity contribution is -0.120. The first-order valence-corrected chi connectivity index (χ1v) is 9.55. The number of fused-ring (bicyclic) bond motifs is 1. The van der Waals surface area contributed by atoms with Crippen LogP contribution in [0.3, 0.4) is 0 Å². The van der Waals surface area contributed by atoms with Gasteiger partial charge in [-0.05, 0) is 43.3 Å². The van der Waals surface area contributed by atoms with Crippen LogP contribution in [0.2, 0.25) is 0 Å². The number of pyridine rings is 1. The van der Waals surface area contributed by atoms with Crippen LogP contribution in [0, 0.1) is 0 Å². The van der Waals surface area contributed by atoms with Gasteiger partial charge in [0.25, 0.3) is 0 Å². The number of aromatic hydroxyl groups is 1. The van der Waals surface area contributed by atoms with Crippen molar-refractivity contribution in [3.05, 3.63) is 60.8 Å². The summed E-state index contributed by atoms with van der Waals surface area (Å²) in [4.78, 5) is 21.5. The first kappa shape index (κ1) is 18.3. The van der Waals surface area contributed by atoms with Crippen LogP contribution in [0.25, 0.3) is 10.9 Å². The quantitative estimate of drug-likeness (QED) is 0.732. The molecule has 1 aliphatic rings. The average Bonchev–Trinajstić information content (AvgIpc) is 2.74. The number of nitrogens with one attached hydrogen (secondary N) is 1. The van der Waals surface area contributed by atoms with E-state index in [1.54, 1.807) is 12.3 Å². The molecule has 0 saturated carbocycles. The SMILES string of the molecule is C[C@H](C(=O)Nc1cccc2ncccc12)N1CCN(c2ccccc2O)CC1. The van der Waals surface area contributed by atoms with Crippen molar-refractivity contribution in [2.75, 3.05) is 36.4 Å². The molecule has 1 amide bonds. The monoisotopic (exact) mass is 376 g/mol. The summed E-state index contributed by atoms with van der Waals surface area (Å²) < 4.78 is 0. The Balaban J connectivity index is 1.40. The molecule has 0 spiro atoms. The molecule has 2 aromatic carbocycles. The van der Waals surface area contributed by atoms with Crippen molar-refractivity contribution >= 4 is 28.2 Å². The highest BCUT2D eigenvalue weighted by atomic mass is 16.3. The number of aromatic nitrogens is 1. The maximum atomic E-state index is 12.8. The normalized spacial score (nSPS) is 16.1. The van der Waals surface area contributed by atoms with Gasteiger partial charge in [-0.2, -0.15) is 0 Å². The molecular formula is C22H24N4O2. The predicted molar refractivity (Wildman–Crippen MR) is 112 cm³/mol. The Morgan fingerprint density at radius 1 is 1.04 bits per heavy atom. The molecule has 1 saturated heterocycles.